The van der Waals surface area contributed by atoms with Crippen LogP contribution < -0.4 is 19.5 Å². The van der Waals surface area contributed by atoms with E-state index in [9.17, 15) is 9.18 Å². The highest BCUT2D eigenvalue weighted by Crippen LogP contribution is 2.39. The summed E-state index contributed by atoms with van der Waals surface area (Å²) in [6, 6.07) is 16.7. The summed E-state index contributed by atoms with van der Waals surface area (Å²) < 4.78 is 30.0. The maximum atomic E-state index is 13.3. The average molecular weight is 416 g/mol. The third kappa shape index (κ3) is 4.97. The fourth-order valence-corrected chi connectivity index (χ4v) is 2.84. The Labute approximate surface area is 173 Å². The van der Waals surface area contributed by atoms with E-state index < -0.39 is 11.7 Å². The van der Waals surface area contributed by atoms with Crippen molar-refractivity contribution in [2.75, 3.05) is 19.5 Å². The molecule has 3 aromatic rings. The van der Waals surface area contributed by atoms with Crippen LogP contribution >= 0.6 is 11.6 Å². The van der Waals surface area contributed by atoms with Gasteiger partial charge in [0.05, 0.1) is 19.2 Å². The van der Waals surface area contributed by atoms with Crippen molar-refractivity contribution in [3.8, 4) is 17.2 Å². The topological polar surface area (TPSA) is 56.8 Å². The van der Waals surface area contributed by atoms with Crippen LogP contribution in [0.4, 0.5) is 10.1 Å². The number of benzene rings is 3. The molecule has 0 radical (unpaired) electrons. The Bertz CT molecular complexity index is 986. The van der Waals surface area contributed by atoms with E-state index in [1.165, 1.54) is 32.4 Å². The Hall–Kier alpha value is -3.25. The lowest BCUT2D eigenvalue weighted by molar-refractivity contribution is 0.102. The molecule has 150 valence electrons. The van der Waals surface area contributed by atoms with Gasteiger partial charge in [-0.2, -0.15) is 0 Å². The zero-order valence-electron chi connectivity index (χ0n) is 15.9. The van der Waals surface area contributed by atoms with Crippen LogP contribution in [0.25, 0.3) is 0 Å². The molecule has 0 atom stereocenters. The SMILES string of the molecule is COc1cc(C(=O)Nc2ccc(F)c(Cl)c2)cc(OC)c1OCc1ccccc1. The highest BCUT2D eigenvalue weighted by atomic mass is 35.5. The summed E-state index contributed by atoms with van der Waals surface area (Å²) in [7, 11) is 2.96. The number of carbonyl (C=O) groups excluding carboxylic acids is 1. The molecule has 0 aromatic heterocycles. The molecule has 1 N–H and O–H groups in total. The van der Waals surface area contributed by atoms with Gasteiger partial charge in [-0.05, 0) is 35.9 Å². The standard InChI is InChI=1S/C22H19ClFNO4/c1-27-19-10-15(22(26)25-16-8-9-18(24)17(23)12-16)11-20(28-2)21(19)29-13-14-6-4-3-5-7-14/h3-12H,13H2,1-2H3,(H,25,26). The van der Waals surface area contributed by atoms with E-state index >= 15 is 0 Å². The third-order valence-corrected chi connectivity index (χ3v) is 4.42. The molecule has 0 aliphatic carbocycles. The highest BCUT2D eigenvalue weighted by Gasteiger charge is 2.18. The molecule has 3 aromatic carbocycles. The largest absolute Gasteiger partial charge is 0.493 e. The van der Waals surface area contributed by atoms with E-state index in [1.807, 2.05) is 30.3 Å². The molecule has 29 heavy (non-hydrogen) atoms. The second-order valence-corrected chi connectivity index (χ2v) is 6.47. The van der Waals surface area contributed by atoms with Gasteiger partial charge in [0.2, 0.25) is 5.75 Å². The van der Waals surface area contributed by atoms with Crippen molar-refractivity contribution >= 4 is 23.2 Å². The van der Waals surface area contributed by atoms with Gasteiger partial charge in [-0.1, -0.05) is 41.9 Å². The van der Waals surface area contributed by atoms with Crippen molar-refractivity contribution in [2.45, 2.75) is 6.61 Å². The zero-order valence-corrected chi connectivity index (χ0v) is 16.6. The van der Waals surface area contributed by atoms with Crippen LogP contribution in [0.5, 0.6) is 17.2 Å². The van der Waals surface area contributed by atoms with Gasteiger partial charge >= 0.3 is 0 Å². The maximum absolute atomic E-state index is 13.3. The number of ether oxygens (including phenoxy) is 3. The van der Waals surface area contributed by atoms with Crippen molar-refractivity contribution in [3.63, 3.8) is 0 Å². The molecule has 0 bridgehead atoms. The molecule has 5 nitrogen and oxygen atoms in total. The molecule has 0 saturated carbocycles. The van der Waals surface area contributed by atoms with Crippen LogP contribution in [-0.4, -0.2) is 20.1 Å². The lowest BCUT2D eigenvalue weighted by Gasteiger charge is -2.16. The zero-order chi connectivity index (χ0) is 20.8. The molecular weight excluding hydrogens is 397 g/mol. The number of carbonyl (C=O) groups is 1. The molecule has 0 spiro atoms. The molecule has 1 amide bonds. The summed E-state index contributed by atoms with van der Waals surface area (Å²) in [4.78, 5) is 12.6. The van der Waals surface area contributed by atoms with Gasteiger partial charge in [0.25, 0.3) is 5.91 Å². The predicted molar refractivity (Wildman–Crippen MR) is 110 cm³/mol. The number of halogens is 2. The van der Waals surface area contributed by atoms with Crippen LogP contribution in [0.3, 0.4) is 0 Å². The number of hydrogen-bond donors (Lipinski definition) is 1. The first-order valence-electron chi connectivity index (χ1n) is 8.71. The summed E-state index contributed by atoms with van der Waals surface area (Å²) in [5.41, 5.74) is 1.63. The molecular formula is C22H19ClFNO4. The van der Waals surface area contributed by atoms with E-state index in [0.29, 0.717) is 29.5 Å². The fourth-order valence-electron chi connectivity index (χ4n) is 2.66. The minimum atomic E-state index is -0.562. The van der Waals surface area contributed by atoms with Gasteiger partial charge in [0.1, 0.15) is 12.4 Å². The molecule has 0 saturated heterocycles. The summed E-state index contributed by atoms with van der Waals surface area (Å²) in [6.07, 6.45) is 0. The highest BCUT2D eigenvalue weighted by molar-refractivity contribution is 6.31. The van der Waals surface area contributed by atoms with Gasteiger partial charge in [-0.3, -0.25) is 4.79 Å². The van der Waals surface area contributed by atoms with Crippen LogP contribution in [0.1, 0.15) is 15.9 Å². The van der Waals surface area contributed by atoms with Gasteiger partial charge < -0.3 is 19.5 Å². The minimum Gasteiger partial charge on any atom is -0.493 e. The van der Waals surface area contributed by atoms with E-state index in [2.05, 4.69) is 5.32 Å². The summed E-state index contributed by atoms with van der Waals surface area (Å²) in [6.45, 7) is 0.313. The quantitative estimate of drug-likeness (QED) is 0.566. The molecule has 0 fully saturated rings. The van der Waals surface area contributed by atoms with Crippen LogP contribution in [-0.2, 0) is 6.61 Å². The number of amides is 1. The van der Waals surface area contributed by atoms with E-state index in [-0.39, 0.29) is 10.6 Å². The molecule has 0 aliphatic heterocycles. The number of methoxy groups -OCH3 is 2. The fraction of sp³-hybridized carbons (Fsp3) is 0.136. The Balaban J connectivity index is 1.84. The Morgan fingerprint density at radius 2 is 1.66 bits per heavy atom. The summed E-state index contributed by atoms with van der Waals surface area (Å²) in [5.74, 6) is 0.0946. The normalized spacial score (nSPS) is 10.3. The summed E-state index contributed by atoms with van der Waals surface area (Å²) >= 11 is 5.76. The first kappa shape index (κ1) is 20.5. The second-order valence-electron chi connectivity index (χ2n) is 6.07. The number of hydrogen-bond acceptors (Lipinski definition) is 4. The molecule has 0 unspecified atom stereocenters. The molecule has 0 heterocycles. The molecule has 7 heteroatoms. The van der Waals surface area contributed by atoms with Crippen molar-refractivity contribution in [3.05, 3.63) is 82.6 Å². The molecule has 0 aliphatic rings. The van der Waals surface area contributed by atoms with Crippen molar-refractivity contribution < 1.29 is 23.4 Å². The van der Waals surface area contributed by atoms with E-state index in [0.717, 1.165) is 5.56 Å². The third-order valence-electron chi connectivity index (χ3n) is 4.13. The Kier molecular flexibility index (Phi) is 6.57. The predicted octanol–water partition coefficient (Wildman–Crippen LogP) is 5.33. The lowest BCUT2D eigenvalue weighted by Crippen LogP contribution is -2.13. The number of anilines is 1. The second kappa shape index (κ2) is 9.30. The van der Waals surface area contributed by atoms with E-state index in [4.69, 9.17) is 25.8 Å². The maximum Gasteiger partial charge on any atom is 0.255 e. The van der Waals surface area contributed by atoms with Crippen molar-refractivity contribution in [1.29, 1.82) is 0 Å². The minimum absolute atomic E-state index is 0.0809. The van der Waals surface area contributed by atoms with Gasteiger partial charge in [-0.15, -0.1) is 0 Å². The van der Waals surface area contributed by atoms with E-state index in [1.54, 1.807) is 12.1 Å². The average Bonchev–Trinajstić information content (AvgIpc) is 2.74. The van der Waals surface area contributed by atoms with Gasteiger partial charge in [0.15, 0.2) is 11.5 Å². The summed E-state index contributed by atoms with van der Waals surface area (Å²) in [5, 5.41) is 2.58. The first-order valence-corrected chi connectivity index (χ1v) is 9.08. The van der Waals surface area contributed by atoms with Crippen LogP contribution in [0, 0.1) is 5.82 Å². The van der Waals surface area contributed by atoms with Crippen LogP contribution in [0.2, 0.25) is 5.02 Å². The van der Waals surface area contributed by atoms with Crippen molar-refractivity contribution in [2.24, 2.45) is 0 Å². The van der Waals surface area contributed by atoms with Crippen LogP contribution in [0.15, 0.2) is 60.7 Å². The number of nitrogens with one attached hydrogen (secondary N) is 1. The van der Waals surface area contributed by atoms with Gasteiger partial charge in [-0.25, -0.2) is 4.39 Å². The Morgan fingerprint density at radius 1 is 1.00 bits per heavy atom. The molecule has 3 rings (SSSR count). The smallest absolute Gasteiger partial charge is 0.255 e. The van der Waals surface area contributed by atoms with Crippen molar-refractivity contribution in [1.82, 2.24) is 0 Å². The monoisotopic (exact) mass is 415 g/mol. The van der Waals surface area contributed by atoms with Gasteiger partial charge in [0, 0.05) is 11.3 Å². The number of rotatable bonds is 7. The first-order chi connectivity index (χ1) is 14.0. The Morgan fingerprint density at radius 3 is 2.24 bits per heavy atom. The lowest BCUT2D eigenvalue weighted by atomic mass is 10.1.